The number of hydrogen-bond acceptors (Lipinski definition) is 1. The van der Waals surface area contributed by atoms with Crippen molar-refractivity contribution < 1.29 is 8.78 Å². The minimum Gasteiger partial charge on any atom is -0.209 e. The van der Waals surface area contributed by atoms with E-state index < -0.39 is 6.05 Å². The summed E-state index contributed by atoms with van der Waals surface area (Å²) >= 11 is 0. The van der Waals surface area contributed by atoms with E-state index in [0.29, 0.717) is 4.68 Å². The van der Waals surface area contributed by atoms with E-state index in [-0.39, 0.29) is 6.42 Å². The average Bonchev–Trinajstić information content (AvgIpc) is 2.38. The minimum absolute atomic E-state index is 0.228. The van der Waals surface area contributed by atoms with Crippen LogP contribution in [0.3, 0.4) is 0 Å². The zero-order chi connectivity index (χ0) is 7.61. The highest BCUT2D eigenvalue weighted by molar-refractivity contribution is 4.80. The summed E-state index contributed by atoms with van der Waals surface area (Å²) in [6.07, 6.45) is 2.36. The van der Waals surface area contributed by atoms with Gasteiger partial charge in [-0.2, -0.15) is 13.9 Å². The molecule has 0 aliphatic heterocycles. The zero-order valence-corrected chi connectivity index (χ0v) is 5.59. The molecule has 10 heavy (non-hydrogen) atoms. The van der Waals surface area contributed by atoms with Crippen LogP contribution in [-0.2, 0) is 6.05 Å². The maximum Gasteiger partial charge on any atom is 0.343 e. The molecule has 0 amide bonds. The summed E-state index contributed by atoms with van der Waals surface area (Å²) in [5.74, 6) is 0. The predicted molar refractivity (Wildman–Crippen MR) is 32.7 cm³/mol. The minimum atomic E-state index is -2.83. The molecule has 1 heterocycles. The Labute approximate surface area is 57.5 Å². The normalized spacial score (nSPS) is 11.9. The summed E-state index contributed by atoms with van der Waals surface area (Å²) in [5, 5.41) is 3.43. The van der Waals surface area contributed by atoms with Crippen molar-refractivity contribution in [2.45, 2.75) is 19.4 Å². The van der Waals surface area contributed by atoms with Gasteiger partial charge in [-0.25, -0.2) is 4.68 Å². The zero-order valence-electron chi connectivity index (χ0n) is 5.59. The van der Waals surface area contributed by atoms with Gasteiger partial charge < -0.3 is 0 Å². The molecule has 1 rings (SSSR count). The Kier molecular flexibility index (Phi) is 1.70. The quantitative estimate of drug-likeness (QED) is 0.622. The Morgan fingerprint density at radius 2 is 2.30 bits per heavy atom. The fourth-order valence-corrected chi connectivity index (χ4v) is 0.624. The fourth-order valence-electron chi connectivity index (χ4n) is 0.624. The summed E-state index contributed by atoms with van der Waals surface area (Å²) < 4.78 is 25.9. The molecule has 0 saturated heterocycles. The standard InChI is InChI=1S/C6H8F2N2/c1-2-6(7,8)10-5-3-4-9-10/h3-5H,2H2,1H3. The molecule has 0 saturated carbocycles. The lowest BCUT2D eigenvalue weighted by molar-refractivity contribution is -0.0951. The summed E-state index contributed by atoms with van der Waals surface area (Å²) in [6.45, 7) is 1.42. The van der Waals surface area contributed by atoms with Crippen molar-refractivity contribution in [1.29, 1.82) is 0 Å². The van der Waals surface area contributed by atoms with Gasteiger partial charge in [-0.15, -0.1) is 0 Å². The molecule has 0 aliphatic rings. The van der Waals surface area contributed by atoms with Crippen molar-refractivity contribution in [2.75, 3.05) is 0 Å². The van der Waals surface area contributed by atoms with Crippen LogP contribution < -0.4 is 0 Å². The van der Waals surface area contributed by atoms with Crippen LogP contribution in [-0.4, -0.2) is 9.78 Å². The van der Waals surface area contributed by atoms with E-state index in [1.54, 1.807) is 0 Å². The van der Waals surface area contributed by atoms with Crippen LogP contribution in [0.5, 0.6) is 0 Å². The first-order chi connectivity index (χ1) is 4.67. The van der Waals surface area contributed by atoms with Crippen LogP contribution in [0.15, 0.2) is 18.5 Å². The molecule has 1 aromatic heterocycles. The van der Waals surface area contributed by atoms with Crippen LogP contribution in [0.1, 0.15) is 13.3 Å². The van der Waals surface area contributed by atoms with Gasteiger partial charge in [-0.3, -0.25) is 0 Å². The van der Waals surface area contributed by atoms with Gasteiger partial charge in [0.25, 0.3) is 0 Å². The highest BCUT2D eigenvalue weighted by atomic mass is 19.3. The molecule has 0 unspecified atom stereocenters. The molecular weight excluding hydrogens is 138 g/mol. The third-order valence-electron chi connectivity index (χ3n) is 1.26. The Morgan fingerprint density at radius 3 is 2.70 bits per heavy atom. The first-order valence-electron chi connectivity index (χ1n) is 3.05. The monoisotopic (exact) mass is 146 g/mol. The molecule has 0 bridgehead atoms. The summed E-state index contributed by atoms with van der Waals surface area (Å²) in [4.78, 5) is 0. The highest BCUT2D eigenvalue weighted by Gasteiger charge is 2.28. The average molecular weight is 146 g/mol. The Balaban J connectivity index is 2.85. The van der Waals surface area contributed by atoms with Crippen molar-refractivity contribution in [3.63, 3.8) is 0 Å². The maximum absolute atomic E-state index is 12.6. The maximum atomic E-state index is 12.6. The summed E-state index contributed by atoms with van der Waals surface area (Å²) in [5.41, 5.74) is 0. The van der Waals surface area contributed by atoms with Gasteiger partial charge in [0.1, 0.15) is 0 Å². The Bertz CT molecular complexity index is 194. The van der Waals surface area contributed by atoms with E-state index in [1.165, 1.54) is 25.4 Å². The van der Waals surface area contributed by atoms with Crippen molar-refractivity contribution in [1.82, 2.24) is 9.78 Å². The Hall–Kier alpha value is -0.930. The largest absolute Gasteiger partial charge is 0.343 e. The van der Waals surface area contributed by atoms with E-state index in [0.717, 1.165) is 0 Å². The molecule has 0 N–H and O–H groups in total. The lowest BCUT2D eigenvalue weighted by atomic mass is 10.4. The van der Waals surface area contributed by atoms with Crippen LogP contribution in [0.2, 0.25) is 0 Å². The number of hydrogen-bond donors (Lipinski definition) is 0. The Morgan fingerprint density at radius 1 is 1.60 bits per heavy atom. The van der Waals surface area contributed by atoms with E-state index >= 15 is 0 Å². The number of halogens is 2. The van der Waals surface area contributed by atoms with Gasteiger partial charge in [-0.1, -0.05) is 6.92 Å². The molecule has 2 nitrogen and oxygen atoms in total. The first-order valence-corrected chi connectivity index (χ1v) is 3.05. The van der Waals surface area contributed by atoms with Gasteiger partial charge in [0.05, 0.1) is 0 Å². The molecule has 0 aromatic carbocycles. The highest BCUT2D eigenvalue weighted by Crippen LogP contribution is 2.22. The van der Waals surface area contributed by atoms with Crippen LogP contribution in [0.4, 0.5) is 8.78 Å². The van der Waals surface area contributed by atoms with Crippen molar-refractivity contribution in [3.05, 3.63) is 18.5 Å². The third-order valence-corrected chi connectivity index (χ3v) is 1.26. The second-order valence-corrected chi connectivity index (χ2v) is 1.97. The fraction of sp³-hybridized carbons (Fsp3) is 0.500. The van der Waals surface area contributed by atoms with Crippen molar-refractivity contribution >= 4 is 0 Å². The predicted octanol–water partition coefficient (Wildman–Crippen LogP) is 1.84. The molecule has 56 valence electrons. The van der Waals surface area contributed by atoms with Crippen molar-refractivity contribution in [3.8, 4) is 0 Å². The number of rotatable bonds is 2. The molecular formula is C6H8F2N2. The lowest BCUT2D eigenvalue weighted by Gasteiger charge is -2.12. The molecule has 0 fully saturated rings. The second-order valence-electron chi connectivity index (χ2n) is 1.97. The number of alkyl halides is 2. The van der Waals surface area contributed by atoms with Gasteiger partial charge in [0, 0.05) is 18.8 Å². The van der Waals surface area contributed by atoms with E-state index in [4.69, 9.17) is 0 Å². The third kappa shape index (κ3) is 1.15. The van der Waals surface area contributed by atoms with Crippen LogP contribution in [0, 0.1) is 0 Å². The van der Waals surface area contributed by atoms with Gasteiger partial charge in [-0.05, 0) is 6.07 Å². The van der Waals surface area contributed by atoms with Crippen molar-refractivity contribution in [2.24, 2.45) is 0 Å². The van der Waals surface area contributed by atoms with Crippen LogP contribution in [0.25, 0.3) is 0 Å². The molecule has 0 aliphatic carbocycles. The van der Waals surface area contributed by atoms with E-state index in [2.05, 4.69) is 5.10 Å². The lowest BCUT2D eigenvalue weighted by Crippen LogP contribution is -2.21. The van der Waals surface area contributed by atoms with Gasteiger partial charge in [0.2, 0.25) is 0 Å². The summed E-state index contributed by atoms with van der Waals surface area (Å²) in [7, 11) is 0. The number of aromatic nitrogens is 2. The smallest absolute Gasteiger partial charge is 0.209 e. The van der Waals surface area contributed by atoms with Gasteiger partial charge >= 0.3 is 6.05 Å². The number of nitrogens with zero attached hydrogens (tertiary/aromatic N) is 2. The van der Waals surface area contributed by atoms with Crippen LogP contribution >= 0.6 is 0 Å². The second kappa shape index (κ2) is 2.36. The van der Waals surface area contributed by atoms with E-state index in [9.17, 15) is 8.78 Å². The van der Waals surface area contributed by atoms with E-state index in [1.807, 2.05) is 0 Å². The van der Waals surface area contributed by atoms with Gasteiger partial charge in [0.15, 0.2) is 0 Å². The molecule has 0 radical (unpaired) electrons. The molecule has 0 atom stereocenters. The first kappa shape index (κ1) is 7.18. The molecule has 0 spiro atoms. The molecule has 1 aromatic rings. The molecule has 4 heteroatoms. The summed E-state index contributed by atoms with van der Waals surface area (Å²) in [6, 6.07) is -1.35. The SMILES string of the molecule is CCC(F)(F)n1cccn1. The topological polar surface area (TPSA) is 17.8 Å².